The average Bonchev–Trinajstić information content (AvgIpc) is 2.43. The highest BCUT2D eigenvalue weighted by atomic mass is 14.8. The summed E-state index contributed by atoms with van der Waals surface area (Å²) in [6.07, 6.45) is 13.1. The van der Waals surface area contributed by atoms with Crippen molar-refractivity contribution in [2.75, 3.05) is 6.54 Å². The van der Waals surface area contributed by atoms with Crippen LogP contribution in [0.1, 0.15) is 69.5 Å². The molecule has 0 fully saturated rings. The smallest absolute Gasteiger partial charge is 0.0372 e. The van der Waals surface area contributed by atoms with E-state index in [0.717, 1.165) is 18.8 Å². The Morgan fingerprint density at radius 2 is 1.63 bits per heavy atom. The first-order valence-corrected chi connectivity index (χ1v) is 7.95. The molecule has 0 aliphatic carbocycles. The number of hydrogen-bond acceptors (Lipinski definition) is 2. The fourth-order valence-electron chi connectivity index (χ4n) is 2.22. The second kappa shape index (κ2) is 11.0. The van der Waals surface area contributed by atoms with Gasteiger partial charge in [0.2, 0.25) is 0 Å². The van der Waals surface area contributed by atoms with Crippen molar-refractivity contribution in [3.05, 3.63) is 29.6 Å². The summed E-state index contributed by atoms with van der Waals surface area (Å²) in [4.78, 5) is 4.30. The minimum atomic E-state index is 0.948. The monoisotopic (exact) mass is 262 g/mol. The maximum Gasteiger partial charge on any atom is 0.0372 e. The maximum absolute atomic E-state index is 4.30. The van der Waals surface area contributed by atoms with Gasteiger partial charge in [0.25, 0.3) is 0 Å². The molecule has 2 heteroatoms. The molecular formula is C17H30N2. The highest BCUT2D eigenvalue weighted by molar-refractivity contribution is 5.12. The molecule has 108 valence electrons. The lowest BCUT2D eigenvalue weighted by Gasteiger charge is -2.05. The molecule has 1 rings (SSSR count). The Balaban J connectivity index is 1.87. The molecule has 0 amide bonds. The van der Waals surface area contributed by atoms with Crippen LogP contribution in [0.15, 0.2) is 18.3 Å². The van der Waals surface area contributed by atoms with Gasteiger partial charge < -0.3 is 5.32 Å². The Hall–Kier alpha value is -0.890. The fraction of sp³-hybridized carbons (Fsp3) is 0.706. The van der Waals surface area contributed by atoms with E-state index in [-0.39, 0.29) is 0 Å². The van der Waals surface area contributed by atoms with E-state index in [1.165, 1.54) is 56.9 Å². The SMILES string of the molecule is CCCCCCCCCCNCc1ccc(C)nc1. The number of unbranched alkanes of at least 4 members (excludes halogenated alkanes) is 7. The number of nitrogens with one attached hydrogen (secondary N) is 1. The van der Waals surface area contributed by atoms with Gasteiger partial charge in [-0.1, -0.05) is 57.9 Å². The summed E-state index contributed by atoms with van der Waals surface area (Å²) in [6, 6.07) is 4.23. The van der Waals surface area contributed by atoms with Gasteiger partial charge in [-0.25, -0.2) is 0 Å². The Bertz CT molecular complexity index is 306. The summed E-state index contributed by atoms with van der Waals surface area (Å²) < 4.78 is 0. The zero-order chi connectivity index (χ0) is 13.8. The van der Waals surface area contributed by atoms with Crippen molar-refractivity contribution >= 4 is 0 Å². The third kappa shape index (κ3) is 8.77. The van der Waals surface area contributed by atoms with Crippen molar-refractivity contribution in [2.24, 2.45) is 0 Å². The van der Waals surface area contributed by atoms with Gasteiger partial charge in [0.15, 0.2) is 0 Å². The van der Waals surface area contributed by atoms with Crippen molar-refractivity contribution in [1.82, 2.24) is 10.3 Å². The molecule has 1 N–H and O–H groups in total. The van der Waals surface area contributed by atoms with Crippen LogP contribution in [0.5, 0.6) is 0 Å². The van der Waals surface area contributed by atoms with Crippen molar-refractivity contribution in [2.45, 2.75) is 71.8 Å². The summed E-state index contributed by atoms with van der Waals surface area (Å²) in [5.74, 6) is 0. The molecule has 1 heterocycles. The van der Waals surface area contributed by atoms with Gasteiger partial charge in [-0.3, -0.25) is 4.98 Å². The van der Waals surface area contributed by atoms with Crippen molar-refractivity contribution in [3.63, 3.8) is 0 Å². The van der Waals surface area contributed by atoms with Gasteiger partial charge >= 0.3 is 0 Å². The third-order valence-electron chi connectivity index (χ3n) is 3.51. The van der Waals surface area contributed by atoms with Crippen molar-refractivity contribution < 1.29 is 0 Å². The van der Waals surface area contributed by atoms with Gasteiger partial charge in [-0.2, -0.15) is 0 Å². The molecule has 0 saturated carbocycles. The lowest BCUT2D eigenvalue weighted by molar-refractivity contribution is 0.555. The van der Waals surface area contributed by atoms with Crippen molar-refractivity contribution in [1.29, 1.82) is 0 Å². The zero-order valence-electron chi connectivity index (χ0n) is 12.8. The minimum absolute atomic E-state index is 0.948. The number of hydrogen-bond donors (Lipinski definition) is 1. The van der Waals surface area contributed by atoms with Crippen LogP contribution in [0, 0.1) is 6.92 Å². The molecule has 0 spiro atoms. The summed E-state index contributed by atoms with van der Waals surface area (Å²) in [7, 11) is 0. The average molecular weight is 262 g/mol. The van der Waals surface area contributed by atoms with Gasteiger partial charge in [0.1, 0.15) is 0 Å². The summed E-state index contributed by atoms with van der Waals surface area (Å²) in [5, 5.41) is 3.49. The highest BCUT2D eigenvalue weighted by Gasteiger charge is 1.94. The summed E-state index contributed by atoms with van der Waals surface area (Å²) in [5.41, 5.74) is 2.37. The predicted molar refractivity (Wildman–Crippen MR) is 83.3 cm³/mol. The largest absolute Gasteiger partial charge is 0.313 e. The van der Waals surface area contributed by atoms with E-state index in [2.05, 4.69) is 29.4 Å². The van der Waals surface area contributed by atoms with E-state index in [1.807, 2.05) is 13.1 Å². The first kappa shape index (κ1) is 16.2. The topological polar surface area (TPSA) is 24.9 Å². The summed E-state index contributed by atoms with van der Waals surface area (Å²) >= 11 is 0. The molecule has 0 bridgehead atoms. The number of nitrogens with zero attached hydrogens (tertiary/aromatic N) is 1. The van der Waals surface area contributed by atoms with E-state index in [0.29, 0.717) is 0 Å². The fourth-order valence-corrected chi connectivity index (χ4v) is 2.22. The van der Waals surface area contributed by atoms with E-state index >= 15 is 0 Å². The Kier molecular flexibility index (Phi) is 9.34. The molecule has 0 aliphatic heterocycles. The van der Waals surface area contributed by atoms with E-state index < -0.39 is 0 Å². The van der Waals surface area contributed by atoms with Crippen molar-refractivity contribution in [3.8, 4) is 0 Å². The number of rotatable bonds is 11. The molecule has 0 atom stereocenters. The number of pyridine rings is 1. The van der Waals surface area contributed by atoms with Gasteiger partial charge in [0.05, 0.1) is 0 Å². The molecule has 0 aromatic carbocycles. The molecule has 19 heavy (non-hydrogen) atoms. The molecular weight excluding hydrogens is 232 g/mol. The third-order valence-corrected chi connectivity index (χ3v) is 3.51. The Morgan fingerprint density at radius 1 is 0.947 bits per heavy atom. The Labute approximate surface area is 119 Å². The van der Waals surface area contributed by atoms with Gasteiger partial charge in [0, 0.05) is 18.4 Å². The van der Waals surface area contributed by atoms with Crippen LogP contribution >= 0.6 is 0 Å². The standard InChI is InChI=1S/C17H30N2/c1-3-4-5-6-7-8-9-10-13-18-14-17-12-11-16(2)19-15-17/h11-12,15,18H,3-10,13-14H2,1-2H3. The molecule has 2 nitrogen and oxygen atoms in total. The molecule has 0 saturated heterocycles. The van der Waals surface area contributed by atoms with Crippen LogP contribution in [-0.4, -0.2) is 11.5 Å². The van der Waals surface area contributed by atoms with E-state index in [9.17, 15) is 0 Å². The minimum Gasteiger partial charge on any atom is -0.313 e. The zero-order valence-corrected chi connectivity index (χ0v) is 12.8. The van der Waals surface area contributed by atoms with Crippen LogP contribution in [0.3, 0.4) is 0 Å². The van der Waals surface area contributed by atoms with Crippen LogP contribution in [0.4, 0.5) is 0 Å². The van der Waals surface area contributed by atoms with E-state index in [4.69, 9.17) is 0 Å². The number of aromatic nitrogens is 1. The highest BCUT2D eigenvalue weighted by Crippen LogP contribution is 2.08. The van der Waals surface area contributed by atoms with Crippen LogP contribution in [-0.2, 0) is 6.54 Å². The second-order valence-electron chi connectivity index (χ2n) is 5.46. The van der Waals surface area contributed by atoms with Crippen LogP contribution < -0.4 is 5.32 Å². The first-order valence-electron chi connectivity index (χ1n) is 7.95. The summed E-state index contributed by atoms with van der Waals surface area (Å²) in [6.45, 7) is 6.37. The van der Waals surface area contributed by atoms with Crippen LogP contribution in [0.2, 0.25) is 0 Å². The van der Waals surface area contributed by atoms with Gasteiger partial charge in [-0.05, 0) is 31.5 Å². The normalized spacial score (nSPS) is 10.8. The maximum atomic E-state index is 4.30. The quantitative estimate of drug-likeness (QED) is 0.589. The predicted octanol–water partition coefficient (Wildman–Crippen LogP) is 4.62. The Morgan fingerprint density at radius 3 is 2.26 bits per heavy atom. The molecule has 1 aromatic rings. The molecule has 1 aromatic heterocycles. The number of aryl methyl sites for hydroxylation is 1. The molecule has 0 radical (unpaired) electrons. The molecule has 0 unspecified atom stereocenters. The lowest BCUT2D eigenvalue weighted by Crippen LogP contribution is -2.14. The van der Waals surface area contributed by atoms with Gasteiger partial charge in [-0.15, -0.1) is 0 Å². The van der Waals surface area contributed by atoms with E-state index in [1.54, 1.807) is 0 Å². The molecule has 0 aliphatic rings. The lowest BCUT2D eigenvalue weighted by atomic mass is 10.1. The second-order valence-corrected chi connectivity index (χ2v) is 5.46. The first-order chi connectivity index (χ1) is 9.33. The van der Waals surface area contributed by atoms with Crippen LogP contribution in [0.25, 0.3) is 0 Å².